The summed E-state index contributed by atoms with van der Waals surface area (Å²) in [7, 11) is 0. The highest BCUT2D eigenvalue weighted by atomic mass is 16.5. The molecule has 1 heterocycles. The highest BCUT2D eigenvalue weighted by Gasteiger charge is 2.08. The van der Waals surface area contributed by atoms with Crippen molar-refractivity contribution in [2.24, 2.45) is 0 Å². The van der Waals surface area contributed by atoms with Crippen LogP contribution >= 0.6 is 0 Å². The highest BCUT2D eigenvalue weighted by Crippen LogP contribution is 2.22. The third-order valence-corrected chi connectivity index (χ3v) is 3.06. The van der Waals surface area contributed by atoms with Gasteiger partial charge >= 0.3 is 0 Å². The molecule has 3 rings (SSSR count). The van der Waals surface area contributed by atoms with Gasteiger partial charge in [0.1, 0.15) is 24.2 Å². The molecule has 0 spiro atoms. The lowest BCUT2D eigenvalue weighted by atomic mass is 10.1. The summed E-state index contributed by atoms with van der Waals surface area (Å²) in [5.74, 6) is 1.56. The molecule has 0 saturated heterocycles. The average Bonchev–Trinajstić information content (AvgIpc) is 3.05. The van der Waals surface area contributed by atoms with Crippen molar-refractivity contribution in [3.8, 4) is 11.5 Å². The van der Waals surface area contributed by atoms with Crippen LogP contribution in [0, 0.1) is 0 Å². The normalized spacial score (nSPS) is 12.0. The van der Waals surface area contributed by atoms with Crippen molar-refractivity contribution in [2.75, 3.05) is 0 Å². The van der Waals surface area contributed by atoms with Crippen molar-refractivity contribution >= 4 is 0 Å². The predicted octanol–water partition coefficient (Wildman–Crippen LogP) is 2.80. The van der Waals surface area contributed by atoms with E-state index in [1.807, 2.05) is 54.6 Å². The Labute approximate surface area is 122 Å². The van der Waals surface area contributed by atoms with E-state index in [0.29, 0.717) is 6.42 Å². The van der Waals surface area contributed by atoms with E-state index in [-0.39, 0.29) is 0 Å². The molecule has 2 aromatic carbocycles. The van der Waals surface area contributed by atoms with E-state index in [1.54, 1.807) is 0 Å². The molecule has 0 aliphatic heterocycles. The van der Waals surface area contributed by atoms with E-state index in [1.165, 1.54) is 17.3 Å². The minimum Gasteiger partial charge on any atom is -0.457 e. The average molecular weight is 281 g/mol. The Morgan fingerprint density at radius 3 is 2.38 bits per heavy atom. The minimum atomic E-state index is -0.714. The minimum absolute atomic E-state index is 0.467. The zero-order valence-corrected chi connectivity index (χ0v) is 11.3. The van der Waals surface area contributed by atoms with Gasteiger partial charge in [0, 0.05) is 6.42 Å². The molecule has 0 aliphatic carbocycles. The number of nitrogens with zero attached hydrogens (tertiary/aromatic N) is 3. The second-order valence-electron chi connectivity index (χ2n) is 4.62. The quantitative estimate of drug-likeness (QED) is 0.781. The van der Waals surface area contributed by atoms with Crippen molar-refractivity contribution in [1.82, 2.24) is 14.8 Å². The fourth-order valence-corrected chi connectivity index (χ4v) is 1.99. The molecule has 0 amide bonds. The van der Waals surface area contributed by atoms with Crippen LogP contribution in [0.4, 0.5) is 0 Å². The third-order valence-electron chi connectivity index (χ3n) is 3.06. The van der Waals surface area contributed by atoms with Gasteiger partial charge in [0.05, 0.1) is 0 Å². The molecule has 1 aromatic heterocycles. The molecule has 0 fully saturated rings. The molecular weight excluding hydrogens is 266 g/mol. The van der Waals surface area contributed by atoms with Gasteiger partial charge in [0.15, 0.2) is 6.23 Å². The van der Waals surface area contributed by atoms with Gasteiger partial charge in [0.2, 0.25) is 0 Å². The smallest absolute Gasteiger partial charge is 0.152 e. The molecule has 0 aliphatic rings. The Hall–Kier alpha value is -2.66. The molecule has 0 radical (unpaired) electrons. The first kappa shape index (κ1) is 13.3. The second-order valence-corrected chi connectivity index (χ2v) is 4.62. The molecule has 5 heteroatoms. The summed E-state index contributed by atoms with van der Waals surface area (Å²) >= 11 is 0. The Kier molecular flexibility index (Phi) is 3.93. The first-order chi connectivity index (χ1) is 10.3. The van der Waals surface area contributed by atoms with E-state index >= 15 is 0 Å². The van der Waals surface area contributed by atoms with E-state index < -0.39 is 6.23 Å². The summed E-state index contributed by atoms with van der Waals surface area (Å²) in [6, 6.07) is 17.2. The molecule has 5 nitrogen and oxygen atoms in total. The number of rotatable bonds is 5. The Morgan fingerprint density at radius 1 is 1.00 bits per heavy atom. The Morgan fingerprint density at radius 2 is 1.71 bits per heavy atom. The van der Waals surface area contributed by atoms with Crippen LogP contribution in [-0.2, 0) is 6.42 Å². The number of aliphatic hydroxyl groups is 1. The fraction of sp³-hybridized carbons (Fsp3) is 0.125. The van der Waals surface area contributed by atoms with Gasteiger partial charge in [-0.25, -0.2) is 9.67 Å². The Balaban J connectivity index is 1.64. The first-order valence-corrected chi connectivity index (χ1v) is 6.65. The van der Waals surface area contributed by atoms with Crippen molar-refractivity contribution in [2.45, 2.75) is 12.6 Å². The van der Waals surface area contributed by atoms with Crippen molar-refractivity contribution in [3.05, 3.63) is 72.8 Å². The molecule has 0 bridgehead atoms. The standard InChI is InChI=1S/C16H15N3O2/c20-16(19-12-17-11-18-19)10-13-6-8-15(9-7-13)21-14-4-2-1-3-5-14/h1-9,11-12,16,20H,10H2. The number of aromatic nitrogens is 3. The number of para-hydroxylation sites is 1. The SMILES string of the molecule is OC(Cc1ccc(Oc2ccccc2)cc1)n1cncn1. The largest absolute Gasteiger partial charge is 0.457 e. The fourth-order valence-electron chi connectivity index (χ4n) is 1.99. The zero-order chi connectivity index (χ0) is 14.5. The number of hydrogen-bond donors (Lipinski definition) is 1. The van der Waals surface area contributed by atoms with E-state index in [4.69, 9.17) is 4.74 Å². The molecule has 0 saturated carbocycles. The monoisotopic (exact) mass is 281 g/mol. The van der Waals surface area contributed by atoms with Gasteiger partial charge in [-0.1, -0.05) is 30.3 Å². The van der Waals surface area contributed by atoms with Crippen LogP contribution in [0.15, 0.2) is 67.3 Å². The van der Waals surface area contributed by atoms with Crippen molar-refractivity contribution in [3.63, 3.8) is 0 Å². The highest BCUT2D eigenvalue weighted by molar-refractivity contribution is 5.33. The van der Waals surface area contributed by atoms with Crippen LogP contribution in [0.2, 0.25) is 0 Å². The first-order valence-electron chi connectivity index (χ1n) is 6.65. The molecule has 1 N–H and O–H groups in total. The van der Waals surface area contributed by atoms with Gasteiger partial charge in [-0.15, -0.1) is 0 Å². The molecular formula is C16H15N3O2. The summed E-state index contributed by atoms with van der Waals surface area (Å²) in [6.45, 7) is 0. The van der Waals surface area contributed by atoms with E-state index in [0.717, 1.165) is 17.1 Å². The topological polar surface area (TPSA) is 60.2 Å². The maximum absolute atomic E-state index is 10.00. The van der Waals surface area contributed by atoms with Gasteiger partial charge < -0.3 is 9.84 Å². The second kappa shape index (κ2) is 6.19. The van der Waals surface area contributed by atoms with Gasteiger partial charge in [-0.05, 0) is 29.8 Å². The van der Waals surface area contributed by atoms with Crippen LogP contribution in [-0.4, -0.2) is 19.9 Å². The third kappa shape index (κ3) is 3.46. The van der Waals surface area contributed by atoms with Crippen LogP contribution in [0.25, 0.3) is 0 Å². The molecule has 106 valence electrons. The Bertz CT molecular complexity index is 667. The molecule has 21 heavy (non-hydrogen) atoms. The maximum atomic E-state index is 10.00. The van der Waals surface area contributed by atoms with Crippen LogP contribution < -0.4 is 4.74 Å². The van der Waals surface area contributed by atoms with Crippen molar-refractivity contribution in [1.29, 1.82) is 0 Å². The summed E-state index contributed by atoms with van der Waals surface area (Å²) < 4.78 is 7.15. The number of ether oxygens (including phenoxy) is 1. The summed E-state index contributed by atoms with van der Waals surface area (Å²) in [5.41, 5.74) is 0.999. The van der Waals surface area contributed by atoms with Crippen molar-refractivity contribution < 1.29 is 9.84 Å². The lowest BCUT2D eigenvalue weighted by Gasteiger charge is -2.11. The predicted molar refractivity (Wildman–Crippen MR) is 77.9 cm³/mol. The summed E-state index contributed by atoms with van der Waals surface area (Å²) in [6.07, 6.45) is 2.65. The molecule has 1 unspecified atom stereocenters. The lowest BCUT2D eigenvalue weighted by Crippen LogP contribution is -2.11. The maximum Gasteiger partial charge on any atom is 0.152 e. The summed E-state index contributed by atoms with van der Waals surface area (Å²) in [5, 5.41) is 13.9. The number of hydrogen-bond acceptors (Lipinski definition) is 4. The van der Waals surface area contributed by atoms with Gasteiger partial charge in [-0.3, -0.25) is 0 Å². The van der Waals surface area contributed by atoms with Gasteiger partial charge in [-0.2, -0.15) is 5.10 Å². The van der Waals surface area contributed by atoms with Gasteiger partial charge in [0.25, 0.3) is 0 Å². The van der Waals surface area contributed by atoms with Crippen LogP contribution in [0.5, 0.6) is 11.5 Å². The van der Waals surface area contributed by atoms with E-state index in [2.05, 4.69) is 10.1 Å². The summed E-state index contributed by atoms with van der Waals surface area (Å²) in [4.78, 5) is 3.82. The lowest BCUT2D eigenvalue weighted by molar-refractivity contribution is 0.0906. The van der Waals surface area contributed by atoms with Crippen LogP contribution in [0.3, 0.4) is 0 Å². The number of aliphatic hydroxyl groups excluding tert-OH is 1. The molecule has 3 aromatic rings. The van der Waals surface area contributed by atoms with E-state index in [9.17, 15) is 5.11 Å². The molecule has 1 atom stereocenters. The zero-order valence-electron chi connectivity index (χ0n) is 11.3. The number of benzene rings is 2. The van der Waals surface area contributed by atoms with Crippen LogP contribution in [0.1, 0.15) is 11.8 Å².